The maximum absolute atomic E-state index is 12.6. The largest absolute Gasteiger partial charge is 0.478 e. The fourth-order valence-corrected chi connectivity index (χ4v) is 1.96. The van der Waals surface area contributed by atoms with Gasteiger partial charge in [-0.25, -0.2) is 9.78 Å². The van der Waals surface area contributed by atoms with Crippen LogP contribution >= 0.6 is 11.3 Å². The molecule has 0 spiro atoms. The summed E-state index contributed by atoms with van der Waals surface area (Å²) in [6, 6.07) is 1.52. The monoisotopic (exact) mass is 303 g/mol. The van der Waals surface area contributed by atoms with Gasteiger partial charge in [-0.1, -0.05) is 0 Å². The molecule has 106 valence electrons. The van der Waals surface area contributed by atoms with E-state index in [0.717, 1.165) is 10.9 Å². The van der Waals surface area contributed by atoms with Crippen LogP contribution in [0, 0.1) is 0 Å². The molecule has 0 atom stereocenters. The van der Waals surface area contributed by atoms with Crippen LogP contribution in [0.4, 0.5) is 19.0 Å². The number of anilines is 1. The molecule has 0 bridgehead atoms. The van der Waals surface area contributed by atoms with Crippen LogP contribution in [0.25, 0.3) is 0 Å². The summed E-state index contributed by atoms with van der Waals surface area (Å²) in [6.45, 7) is 0.152. The highest BCUT2D eigenvalue weighted by molar-refractivity contribution is 7.09. The number of alkyl halides is 3. The number of nitrogens with zero attached hydrogens (tertiary/aromatic N) is 2. The van der Waals surface area contributed by atoms with Crippen LogP contribution in [0.2, 0.25) is 0 Å². The molecule has 0 aliphatic carbocycles. The van der Waals surface area contributed by atoms with Gasteiger partial charge >= 0.3 is 12.1 Å². The summed E-state index contributed by atoms with van der Waals surface area (Å²) in [5.74, 6) is -1.67. The third kappa shape index (κ3) is 3.23. The zero-order valence-corrected chi connectivity index (χ0v) is 10.6. The van der Waals surface area contributed by atoms with Gasteiger partial charge in [0.2, 0.25) is 0 Å². The first kappa shape index (κ1) is 14.3. The highest BCUT2D eigenvalue weighted by Crippen LogP contribution is 2.29. The van der Waals surface area contributed by atoms with Gasteiger partial charge in [0.1, 0.15) is 17.1 Å². The number of rotatable bonds is 4. The van der Waals surface area contributed by atoms with Crippen molar-refractivity contribution < 1.29 is 23.1 Å². The van der Waals surface area contributed by atoms with Crippen LogP contribution in [-0.2, 0) is 12.7 Å². The van der Waals surface area contributed by atoms with Crippen molar-refractivity contribution in [2.45, 2.75) is 12.7 Å². The minimum absolute atomic E-state index is 0.152. The van der Waals surface area contributed by atoms with Crippen molar-refractivity contribution in [2.75, 3.05) is 5.32 Å². The van der Waals surface area contributed by atoms with Crippen molar-refractivity contribution in [3.05, 3.63) is 40.0 Å². The molecular weight excluding hydrogens is 295 g/mol. The maximum atomic E-state index is 12.6. The number of halogens is 3. The number of carboxylic acids is 1. The first-order chi connectivity index (χ1) is 9.38. The lowest BCUT2D eigenvalue weighted by atomic mass is 10.2. The van der Waals surface area contributed by atoms with Gasteiger partial charge in [-0.15, -0.1) is 11.3 Å². The Morgan fingerprint density at radius 2 is 2.15 bits per heavy atom. The number of nitrogens with one attached hydrogen (secondary N) is 1. The highest BCUT2D eigenvalue weighted by Gasteiger charge is 2.33. The number of pyridine rings is 1. The van der Waals surface area contributed by atoms with Crippen molar-refractivity contribution in [3.8, 4) is 0 Å². The number of hydrogen-bond donors (Lipinski definition) is 2. The van der Waals surface area contributed by atoms with Gasteiger partial charge < -0.3 is 10.4 Å². The van der Waals surface area contributed by atoms with E-state index in [2.05, 4.69) is 15.3 Å². The fourth-order valence-electron chi connectivity index (χ4n) is 1.42. The molecule has 2 N–H and O–H groups in total. The summed E-state index contributed by atoms with van der Waals surface area (Å²) < 4.78 is 37.7. The lowest BCUT2D eigenvalue weighted by Gasteiger charge is -2.11. The molecule has 0 saturated heterocycles. The number of thiazole rings is 1. The van der Waals surface area contributed by atoms with Gasteiger partial charge in [-0.3, -0.25) is 4.98 Å². The Balaban J connectivity index is 2.29. The molecule has 2 aromatic rings. The Hall–Kier alpha value is -2.16. The predicted molar refractivity (Wildman–Crippen MR) is 65.6 cm³/mol. The molecule has 2 heterocycles. The molecule has 0 aliphatic heterocycles. The maximum Gasteiger partial charge on any atom is 0.433 e. The Labute approximate surface area is 115 Å². The molecule has 2 aromatic heterocycles. The Morgan fingerprint density at radius 3 is 2.70 bits per heavy atom. The van der Waals surface area contributed by atoms with Crippen LogP contribution in [-0.4, -0.2) is 21.0 Å². The number of aromatic nitrogens is 2. The molecule has 0 aromatic carbocycles. The first-order valence-corrected chi connectivity index (χ1v) is 6.18. The summed E-state index contributed by atoms with van der Waals surface area (Å²) in [6.07, 6.45) is -3.09. The zero-order valence-electron chi connectivity index (χ0n) is 9.81. The van der Waals surface area contributed by atoms with Crippen molar-refractivity contribution >= 4 is 23.1 Å². The smallest absolute Gasteiger partial charge is 0.433 e. The van der Waals surface area contributed by atoms with E-state index in [1.165, 1.54) is 17.5 Å². The van der Waals surface area contributed by atoms with Crippen molar-refractivity contribution in [1.29, 1.82) is 0 Å². The minimum Gasteiger partial charge on any atom is -0.478 e. The number of carboxylic acid groups (broad SMARTS) is 1. The second-order valence-corrected chi connectivity index (χ2v) is 4.69. The fraction of sp³-hybridized carbons (Fsp3) is 0.182. The van der Waals surface area contributed by atoms with Gasteiger partial charge in [-0.2, -0.15) is 13.2 Å². The molecule has 0 aliphatic rings. The second-order valence-electron chi connectivity index (χ2n) is 3.72. The molecule has 0 unspecified atom stereocenters. The SMILES string of the molecule is O=C(O)c1ccc(C(F)(F)F)nc1NCc1cncs1. The lowest BCUT2D eigenvalue weighted by Crippen LogP contribution is -2.14. The van der Waals surface area contributed by atoms with Crippen LogP contribution in [0.1, 0.15) is 20.9 Å². The molecule has 0 amide bonds. The van der Waals surface area contributed by atoms with E-state index in [1.54, 1.807) is 5.51 Å². The van der Waals surface area contributed by atoms with E-state index in [9.17, 15) is 18.0 Å². The number of carbonyl (C=O) groups is 1. The summed E-state index contributed by atoms with van der Waals surface area (Å²) in [5, 5.41) is 11.5. The molecule has 0 radical (unpaired) electrons. The highest BCUT2D eigenvalue weighted by atomic mass is 32.1. The third-order valence-electron chi connectivity index (χ3n) is 2.33. The van der Waals surface area contributed by atoms with Gasteiger partial charge in [0, 0.05) is 11.1 Å². The van der Waals surface area contributed by atoms with Crippen LogP contribution < -0.4 is 5.32 Å². The Bertz CT molecular complexity index is 614. The standard InChI is InChI=1S/C11H8F3N3O2S/c12-11(13,14)8-2-1-7(10(18)19)9(17-8)16-4-6-3-15-5-20-6/h1-3,5H,4H2,(H,16,17)(H,18,19). The van der Waals surface area contributed by atoms with Gasteiger partial charge in [-0.05, 0) is 12.1 Å². The average Bonchev–Trinajstić information content (AvgIpc) is 2.87. The Morgan fingerprint density at radius 1 is 1.40 bits per heavy atom. The second kappa shape index (κ2) is 5.45. The van der Waals surface area contributed by atoms with E-state index in [4.69, 9.17) is 5.11 Å². The topological polar surface area (TPSA) is 75.1 Å². The normalized spacial score (nSPS) is 11.3. The van der Waals surface area contributed by atoms with E-state index in [0.29, 0.717) is 6.07 Å². The molecule has 2 rings (SSSR count). The predicted octanol–water partition coefficient (Wildman–Crippen LogP) is 2.87. The molecule has 9 heteroatoms. The molecular formula is C11H8F3N3O2S. The summed E-state index contributed by atoms with van der Waals surface area (Å²) in [4.78, 5) is 18.9. The molecule has 0 saturated carbocycles. The summed E-state index contributed by atoms with van der Waals surface area (Å²) in [5.41, 5.74) is 0.103. The van der Waals surface area contributed by atoms with E-state index in [-0.39, 0.29) is 17.9 Å². The lowest BCUT2D eigenvalue weighted by molar-refractivity contribution is -0.141. The summed E-state index contributed by atoms with van der Waals surface area (Å²) >= 11 is 1.30. The summed E-state index contributed by atoms with van der Waals surface area (Å²) in [7, 11) is 0. The third-order valence-corrected chi connectivity index (χ3v) is 3.11. The quantitative estimate of drug-likeness (QED) is 0.908. The van der Waals surface area contributed by atoms with Gasteiger partial charge in [0.05, 0.1) is 12.1 Å². The van der Waals surface area contributed by atoms with E-state index >= 15 is 0 Å². The van der Waals surface area contributed by atoms with Crippen LogP contribution in [0.5, 0.6) is 0 Å². The number of hydrogen-bond acceptors (Lipinski definition) is 5. The van der Waals surface area contributed by atoms with Gasteiger partial charge in [0.15, 0.2) is 0 Å². The van der Waals surface area contributed by atoms with Crippen LogP contribution in [0.3, 0.4) is 0 Å². The van der Waals surface area contributed by atoms with Crippen molar-refractivity contribution in [1.82, 2.24) is 9.97 Å². The zero-order chi connectivity index (χ0) is 14.8. The first-order valence-electron chi connectivity index (χ1n) is 5.30. The average molecular weight is 303 g/mol. The van der Waals surface area contributed by atoms with Crippen molar-refractivity contribution in [3.63, 3.8) is 0 Å². The molecule has 0 fully saturated rings. The van der Waals surface area contributed by atoms with E-state index in [1.807, 2.05) is 0 Å². The van der Waals surface area contributed by atoms with Gasteiger partial charge in [0.25, 0.3) is 0 Å². The molecule has 20 heavy (non-hydrogen) atoms. The van der Waals surface area contributed by atoms with Crippen LogP contribution in [0.15, 0.2) is 23.8 Å². The minimum atomic E-state index is -4.63. The Kier molecular flexibility index (Phi) is 3.89. The van der Waals surface area contributed by atoms with Crippen molar-refractivity contribution in [2.24, 2.45) is 0 Å². The molecule has 5 nitrogen and oxygen atoms in total. The number of aromatic carboxylic acids is 1. The van der Waals surface area contributed by atoms with E-state index < -0.39 is 17.8 Å².